The molecular weight excluding hydrogens is 402 g/mol. The van der Waals surface area contributed by atoms with E-state index in [0.717, 1.165) is 28.1 Å². The SMILES string of the molecule is Cc1ccc(-c2c(-c3ccncc3)cnn2CCNC(=O)C2CCS(=O)(=O)C2)cn1. The molecule has 0 spiro atoms. The zero-order chi connectivity index (χ0) is 21.1. The third kappa shape index (κ3) is 4.40. The summed E-state index contributed by atoms with van der Waals surface area (Å²) >= 11 is 0. The molecule has 1 aliphatic heterocycles. The molecule has 156 valence electrons. The van der Waals surface area contributed by atoms with Crippen LogP contribution in [0.5, 0.6) is 0 Å². The molecule has 0 aromatic carbocycles. The van der Waals surface area contributed by atoms with Gasteiger partial charge >= 0.3 is 0 Å². The standard InChI is InChI=1S/C21H23N5O3S/c1-15-2-3-17(12-24-15)20-19(16-4-7-22-8-5-16)13-25-26(20)10-9-23-21(27)18-6-11-30(28,29)14-18/h2-5,7-8,12-13,18H,6,9-11,14H2,1H3,(H,23,27). The van der Waals surface area contributed by atoms with Crippen molar-refractivity contribution in [2.75, 3.05) is 18.1 Å². The monoisotopic (exact) mass is 425 g/mol. The van der Waals surface area contributed by atoms with E-state index in [2.05, 4.69) is 20.4 Å². The molecule has 4 rings (SSSR count). The Morgan fingerprint density at radius 1 is 1.17 bits per heavy atom. The van der Waals surface area contributed by atoms with Crippen molar-refractivity contribution in [2.24, 2.45) is 5.92 Å². The lowest BCUT2D eigenvalue weighted by Gasteiger charge is -2.13. The van der Waals surface area contributed by atoms with Gasteiger partial charge in [-0.05, 0) is 43.2 Å². The van der Waals surface area contributed by atoms with Crippen LogP contribution in [-0.4, -0.2) is 52.1 Å². The Morgan fingerprint density at radius 3 is 2.63 bits per heavy atom. The minimum atomic E-state index is -3.08. The van der Waals surface area contributed by atoms with Gasteiger partial charge in [-0.25, -0.2) is 8.42 Å². The Morgan fingerprint density at radius 2 is 1.97 bits per heavy atom. The predicted molar refractivity (Wildman–Crippen MR) is 113 cm³/mol. The van der Waals surface area contributed by atoms with Crippen LogP contribution >= 0.6 is 0 Å². The summed E-state index contributed by atoms with van der Waals surface area (Å²) in [5.41, 5.74) is 4.71. The van der Waals surface area contributed by atoms with Gasteiger partial charge in [0.25, 0.3) is 0 Å². The van der Waals surface area contributed by atoms with Crippen LogP contribution in [0.4, 0.5) is 0 Å². The number of pyridine rings is 2. The smallest absolute Gasteiger partial charge is 0.224 e. The zero-order valence-electron chi connectivity index (χ0n) is 16.7. The van der Waals surface area contributed by atoms with Crippen molar-refractivity contribution < 1.29 is 13.2 Å². The molecule has 3 aromatic heterocycles. The summed E-state index contributed by atoms with van der Waals surface area (Å²) < 4.78 is 25.0. The second-order valence-corrected chi connectivity index (χ2v) is 9.67. The highest BCUT2D eigenvalue weighted by Gasteiger charge is 2.32. The summed E-state index contributed by atoms with van der Waals surface area (Å²) in [6.07, 6.45) is 7.48. The first kappa shape index (κ1) is 20.2. The number of carbonyl (C=O) groups excluding carboxylic acids is 1. The van der Waals surface area contributed by atoms with E-state index in [-0.39, 0.29) is 17.4 Å². The molecule has 1 aliphatic rings. The maximum atomic E-state index is 12.3. The van der Waals surface area contributed by atoms with Crippen molar-refractivity contribution in [2.45, 2.75) is 19.9 Å². The lowest BCUT2D eigenvalue weighted by atomic mass is 10.0. The van der Waals surface area contributed by atoms with E-state index >= 15 is 0 Å². The molecular formula is C21H23N5O3S. The Hall–Kier alpha value is -3.07. The van der Waals surface area contributed by atoms with Gasteiger partial charge in [0.05, 0.1) is 35.9 Å². The third-order valence-corrected chi connectivity index (χ3v) is 7.01. The minimum Gasteiger partial charge on any atom is -0.354 e. The van der Waals surface area contributed by atoms with E-state index < -0.39 is 15.8 Å². The Kier molecular flexibility index (Phi) is 5.63. The number of nitrogens with one attached hydrogen (secondary N) is 1. The van der Waals surface area contributed by atoms with Gasteiger partial charge in [0.1, 0.15) is 0 Å². The molecule has 1 atom stereocenters. The maximum absolute atomic E-state index is 12.3. The largest absolute Gasteiger partial charge is 0.354 e. The van der Waals surface area contributed by atoms with Crippen LogP contribution in [0.25, 0.3) is 22.4 Å². The molecule has 1 saturated heterocycles. The lowest BCUT2D eigenvalue weighted by Crippen LogP contribution is -2.33. The fraction of sp³-hybridized carbons (Fsp3) is 0.333. The van der Waals surface area contributed by atoms with Crippen molar-refractivity contribution in [1.82, 2.24) is 25.1 Å². The highest BCUT2D eigenvalue weighted by molar-refractivity contribution is 7.91. The molecule has 0 radical (unpaired) electrons. The van der Waals surface area contributed by atoms with Gasteiger partial charge in [-0.3, -0.25) is 19.4 Å². The molecule has 0 saturated carbocycles. The average Bonchev–Trinajstić information content (AvgIpc) is 3.32. The van der Waals surface area contributed by atoms with Crippen LogP contribution in [0.15, 0.2) is 49.1 Å². The van der Waals surface area contributed by atoms with Gasteiger partial charge in [-0.1, -0.05) is 0 Å². The number of nitrogens with zero attached hydrogens (tertiary/aromatic N) is 4. The van der Waals surface area contributed by atoms with E-state index in [4.69, 9.17) is 0 Å². The van der Waals surface area contributed by atoms with Crippen LogP contribution in [0.1, 0.15) is 12.1 Å². The highest BCUT2D eigenvalue weighted by atomic mass is 32.2. The molecule has 9 heteroatoms. The molecule has 1 unspecified atom stereocenters. The third-order valence-electron chi connectivity index (χ3n) is 5.24. The molecule has 8 nitrogen and oxygen atoms in total. The molecule has 0 aliphatic carbocycles. The topological polar surface area (TPSA) is 107 Å². The molecule has 1 amide bonds. The number of sulfone groups is 1. The van der Waals surface area contributed by atoms with Gasteiger partial charge < -0.3 is 5.32 Å². The molecule has 30 heavy (non-hydrogen) atoms. The minimum absolute atomic E-state index is 0.0624. The van der Waals surface area contributed by atoms with Gasteiger partial charge in [0.2, 0.25) is 5.91 Å². The maximum Gasteiger partial charge on any atom is 0.224 e. The fourth-order valence-corrected chi connectivity index (χ4v) is 5.38. The summed E-state index contributed by atoms with van der Waals surface area (Å²) in [5, 5.41) is 7.39. The Bertz CT molecular complexity index is 1140. The van der Waals surface area contributed by atoms with Gasteiger partial charge in [-0.15, -0.1) is 0 Å². The lowest BCUT2D eigenvalue weighted by molar-refractivity contribution is -0.124. The van der Waals surface area contributed by atoms with Crippen LogP contribution in [0, 0.1) is 12.8 Å². The first-order chi connectivity index (χ1) is 14.4. The summed E-state index contributed by atoms with van der Waals surface area (Å²) in [4.78, 5) is 20.8. The van der Waals surface area contributed by atoms with Crippen LogP contribution < -0.4 is 5.32 Å². The Balaban J connectivity index is 1.54. The van der Waals surface area contributed by atoms with Gasteiger partial charge in [-0.2, -0.15) is 5.10 Å². The molecule has 0 bridgehead atoms. The van der Waals surface area contributed by atoms with Crippen LogP contribution in [0.3, 0.4) is 0 Å². The van der Waals surface area contributed by atoms with Crippen molar-refractivity contribution in [3.05, 3.63) is 54.7 Å². The number of hydrogen-bond donors (Lipinski definition) is 1. The first-order valence-electron chi connectivity index (χ1n) is 9.80. The van der Waals surface area contributed by atoms with Gasteiger partial charge in [0.15, 0.2) is 9.84 Å². The van der Waals surface area contributed by atoms with Crippen molar-refractivity contribution in [1.29, 1.82) is 0 Å². The van der Waals surface area contributed by atoms with Crippen LogP contribution in [0.2, 0.25) is 0 Å². The molecule has 3 aromatic rings. The average molecular weight is 426 g/mol. The number of aryl methyl sites for hydroxylation is 1. The van der Waals surface area contributed by atoms with E-state index in [0.29, 0.717) is 19.5 Å². The number of aromatic nitrogens is 4. The van der Waals surface area contributed by atoms with E-state index in [9.17, 15) is 13.2 Å². The predicted octanol–water partition coefficient (Wildman–Crippen LogP) is 1.87. The van der Waals surface area contributed by atoms with Crippen molar-refractivity contribution in [3.63, 3.8) is 0 Å². The molecule has 1 fully saturated rings. The highest BCUT2D eigenvalue weighted by Crippen LogP contribution is 2.31. The van der Waals surface area contributed by atoms with E-state index in [1.54, 1.807) is 18.6 Å². The van der Waals surface area contributed by atoms with E-state index in [1.807, 2.05) is 42.1 Å². The molecule has 1 N–H and O–H groups in total. The summed E-state index contributed by atoms with van der Waals surface area (Å²) in [6, 6.07) is 7.80. The van der Waals surface area contributed by atoms with E-state index in [1.165, 1.54) is 0 Å². The number of hydrogen-bond acceptors (Lipinski definition) is 6. The van der Waals surface area contributed by atoms with Crippen molar-refractivity contribution in [3.8, 4) is 22.4 Å². The number of amides is 1. The second kappa shape index (κ2) is 8.35. The number of rotatable bonds is 6. The first-order valence-corrected chi connectivity index (χ1v) is 11.6. The Labute approximate surface area is 175 Å². The summed E-state index contributed by atoms with van der Waals surface area (Å²) in [5.74, 6) is -0.645. The van der Waals surface area contributed by atoms with Gasteiger partial charge in [0, 0.05) is 42.0 Å². The van der Waals surface area contributed by atoms with Crippen molar-refractivity contribution >= 4 is 15.7 Å². The fourth-order valence-electron chi connectivity index (χ4n) is 3.64. The normalized spacial score (nSPS) is 17.7. The molecule has 4 heterocycles. The quantitative estimate of drug-likeness (QED) is 0.646. The second-order valence-electron chi connectivity index (χ2n) is 7.45. The number of carbonyl (C=O) groups is 1. The summed E-state index contributed by atoms with van der Waals surface area (Å²) in [7, 11) is -3.08. The zero-order valence-corrected chi connectivity index (χ0v) is 17.5. The van der Waals surface area contributed by atoms with Crippen LogP contribution in [-0.2, 0) is 21.2 Å². The summed E-state index contributed by atoms with van der Waals surface area (Å²) in [6.45, 7) is 2.75.